The number of halogens is 1. The maximum absolute atomic E-state index is 13.0. The van der Waals surface area contributed by atoms with Gasteiger partial charge in [0.1, 0.15) is 5.82 Å². The Morgan fingerprint density at radius 3 is 2.67 bits per heavy atom. The van der Waals surface area contributed by atoms with E-state index in [4.69, 9.17) is 0 Å². The Morgan fingerprint density at radius 2 is 2.05 bits per heavy atom. The average Bonchev–Trinajstić information content (AvgIpc) is 3.21. The maximum Gasteiger partial charge on any atom is 0.175 e. The second-order valence-electron chi connectivity index (χ2n) is 5.78. The van der Waals surface area contributed by atoms with Crippen LogP contribution in [0.2, 0.25) is 0 Å². The Bertz CT molecular complexity index is 576. The summed E-state index contributed by atoms with van der Waals surface area (Å²) in [5.74, 6) is 0.962. The Morgan fingerprint density at radius 1 is 1.29 bits per heavy atom. The van der Waals surface area contributed by atoms with E-state index in [-0.39, 0.29) is 5.82 Å². The van der Waals surface area contributed by atoms with Gasteiger partial charge in [-0.3, -0.25) is 0 Å². The smallest absolute Gasteiger partial charge is 0.175 e. The van der Waals surface area contributed by atoms with Crippen molar-refractivity contribution in [3.8, 4) is 0 Å². The highest BCUT2D eigenvalue weighted by Gasteiger charge is 2.22. The lowest BCUT2D eigenvalue weighted by Crippen LogP contribution is -2.27. The van der Waals surface area contributed by atoms with E-state index in [0.29, 0.717) is 12.0 Å². The number of aryl methyl sites for hydroxylation is 1. The van der Waals surface area contributed by atoms with E-state index in [0.717, 1.165) is 30.8 Å². The van der Waals surface area contributed by atoms with E-state index < -0.39 is 0 Å². The van der Waals surface area contributed by atoms with Crippen LogP contribution in [0.3, 0.4) is 0 Å². The lowest BCUT2D eigenvalue weighted by atomic mass is 9.95. The molecule has 0 radical (unpaired) electrons. The Kier molecular flexibility index (Phi) is 4.24. The first kappa shape index (κ1) is 14.1. The zero-order valence-electron chi connectivity index (χ0n) is 12.2. The first-order valence-corrected chi connectivity index (χ1v) is 7.40. The molecule has 1 N–H and O–H groups in total. The molecule has 3 rings (SSSR count). The molecule has 0 spiro atoms. The van der Waals surface area contributed by atoms with E-state index in [1.807, 2.05) is 12.1 Å². The van der Waals surface area contributed by atoms with Crippen LogP contribution in [0.1, 0.15) is 24.2 Å². The Balaban J connectivity index is 1.63. The van der Waals surface area contributed by atoms with Gasteiger partial charge >= 0.3 is 0 Å². The van der Waals surface area contributed by atoms with Crippen molar-refractivity contribution in [1.29, 1.82) is 0 Å². The number of nitrogens with zero attached hydrogens (tertiary/aromatic N) is 4. The predicted molar refractivity (Wildman–Crippen MR) is 77.1 cm³/mol. The summed E-state index contributed by atoms with van der Waals surface area (Å²) in [5, 5.41) is 15.8. The molecule has 1 fully saturated rings. The van der Waals surface area contributed by atoms with Gasteiger partial charge in [0.05, 0.1) is 7.05 Å². The molecule has 0 aliphatic heterocycles. The zero-order chi connectivity index (χ0) is 14.7. The molecule has 6 heteroatoms. The summed E-state index contributed by atoms with van der Waals surface area (Å²) in [7, 11) is 1.77. The third-order valence-corrected chi connectivity index (χ3v) is 3.73. The van der Waals surface area contributed by atoms with Gasteiger partial charge in [0.25, 0.3) is 0 Å². The standard InChI is InChI=1S/C15H20FN5/c1-21-19-15(18-20-21)9-12(10-17-14-6-7-14)8-11-2-4-13(16)5-3-11/h2-5,12,14,17H,6-10H2,1H3. The Hall–Kier alpha value is -1.82. The third kappa shape index (κ3) is 4.32. The summed E-state index contributed by atoms with van der Waals surface area (Å²) >= 11 is 0. The van der Waals surface area contributed by atoms with Gasteiger partial charge in [-0.15, -0.1) is 10.2 Å². The van der Waals surface area contributed by atoms with Crippen LogP contribution in [0.5, 0.6) is 0 Å². The predicted octanol–water partition coefficient (Wildman–Crippen LogP) is 1.50. The second kappa shape index (κ2) is 6.30. The molecule has 2 aromatic rings. The van der Waals surface area contributed by atoms with Crippen molar-refractivity contribution in [3.63, 3.8) is 0 Å². The number of rotatable bonds is 7. The van der Waals surface area contributed by atoms with E-state index in [1.54, 1.807) is 7.05 Å². The molecule has 0 amide bonds. The number of benzene rings is 1. The molecular weight excluding hydrogens is 269 g/mol. The van der Waals surface area contributed by atoms with Crippen molar-refractivity contribution in [3.05, 3.63) is 41.5 Å². The molecule has 1 saturated carbocycles. The normalized spacial score (nSPS) is 16.1. The molecule has 1 aromatic heterocycles. The lowest BCUT2D eigenvalue weighted by Gasteiger charge is -2.16. The maximum atomic E-state index is 13.0. The van der Waals surface area contributed by atoms with Gasteiger partial charge in [-0.2, -0.15) is 4.80 Å². The number of aromatic nitrogens is 4. The molecule has 1 heterocycles. The van der Waals surface area contributed by atoms with Gasteiger partial charge in [-0.1, -0.05) is 12.1 Å². The third-order valence-electron chi connectivity index (χ3n) is 3.73. The summed E-state index contributed by atoms with van der Waals surface area (Å²) in [4.78, 5) is 1.48. The highest BCUT2D eigenvalue weighted by atomic mass is 19.1. The molecular formula is C15H20FN5. The van der Waals surface area contributed by atoms with Crippen LogP contribution in [0.25, 0.3) is 0 Å². The van der Waals surface area contributed by atoms with Crippen LogP contribution in [-0.4, -0.2) is 32.8 Å². The minimum Gasteiger partial charge on any atom is -0.314 e. The van der Waals surface area contributed by atoms with Crippen LogP contribution in [0.4, 0.5) is 4.39 Å². The largest absolute Gasteiger partial charge is 0.314 e. The Labute approximate surface area is 123 Å². The molecule has 1 atom stereocenters. The average molecular weight is 289 g/mol. The fourth-order valence-corrected chi connectivity index (χ4v) is 2.45. The fourth-order valence-electron chi connectivity index (χ4n) is 2.45. The minimum absolute atomic E-state index is 0.193. The lowest BCUT2D eigenvalue weighted by molar-refractivity contribution is 0.458. The number of tetrazole rings is 1. The fraction of sp³-hybridized carbons (Fsp3) is 0.533. The van der Waals surface area contributed by atoms with Gasteiger partial charge in [0.15, 0.2) is 5.82 Å². The van der Waals surface area contributed by atoms with E-state index in [2.05, 4.69) is 20.7 Å². The van der Waals surface area contributed by atoms with Crippen LogP contribution >= 0.6 is 0 Å². The van der Waals surface area contributed by atoms with Gasteiger partial charge in [0.2, 0.25) is 0 Å². The van der Waals surface area contributed by atoms with Crippen LogP contribution in [0, 0.1) is 11.7 Å². The van der Waals surface area contributed by atoms with Crippen molar-refractivity contribution in [2.24, 2.45) is 13.0 Å². The molecule has 5 nitrogen and oxygen atoms in total. The van der Waals surface area contributed by atoms with Gasteiger partial charge in [-0.25, -0.2) is 4.39 Å². The number of nitrogens with one attached hydrogen (secondary N) is 1. The first-order chi connectivity index (χ1) is 10.2. The molecule has 1 aliphatic carbocycles. The zero-order valence-corrected chi connectivity index (χ0v) is 12.2. The van der Waals surface area contributed by atoms with Crippen LogP contribution in [0.15, 0.2) is 24.3 Å². The molecule has 1 aliphatic rings. The monoisotopic (exact) mass is 289 g/mol. The summed E-state index contributed by atoms with van der Waals surface area (Å²) in [6.45, 7) is 0.931. The second-order valence-corrected chi connectivity index (χ2v) is 5.78. The van der Waals surface area contributed by atoms with Gasteiger partial charge in [0, 0.05) is 12.5 Å². The highest BCUT2D eigenvalue weighted by Crippen LogP contribution is 2.20. The molecule has 112 valence electrons. The van der Waals surface area contributed by atoms with Crippen molar-refractivity contribution < 1.29 is 4.39 Å². The van der Waals surface area contributed by atoms with Crippen LogP contribution in [-0.2, 0) is 19.9 Å². The van der Waals surface area contributed by atoms with Crippen molar-refractivity contribution in [2.75, 3.05) is 6.54 Å². The summed E-state index contributed by atoms with van der Waals surface area (Å²) in [6.07, 6.45) is 4.21. The highest BCUT2D eigenvalue weighted by molar-refractivity contribution is 5.17. The molecule has 1 unspecified atom stereocenters. The SMILES string of the molecule is Cn1nnc(CC(CNC2CC2)Cc2ccc(F)cc2)n1. The number of hydrogen-bond acceptors (Lipinski definition) is 4. The van der Waals surface area contributed by atoms with Crippen LogP contribution < -0.4 is 5.32 Å². The summed E-state index contributed by atoms with van der Waals surface area (Å²) in [5.41, 5.74) is 1.14. The molecule has 21 heavy (non-hydrogen) atoms. The quantitative estimate of drug-likeness (QED) is 0.839. The number of hydrogen-bond donors (Lipinski definition) is 1. The summed E-state index contributed by atoms with van der Waals surface area (Å²) in [6, 6.07) is 7.41. The summed E-state index contributed by atoms with van der Waals surface area (Å²) < 4.78 is 13.0. The molecule has 0 bridgehead atoms. The van der Waals surface area contributed by atoms with Gasteiger partial charge < -0.3 is 5.32 Å². The van der Waals surface area contributed by atoms with E-state index >= 15 is 0 Å². The van der Waals surface area contributed by atoms with E-state index in [1.165, 1.54) is 29.8 Å². The van der Waals surface area contributed by atoms with Crippen molar-refractivity contribution in [1.82, 2.24) is 25.5 Å². The molecule has 1 aromatic carbocycles. The molecule has 0 saturated heterocycles. The minimum atomic E-state index is -0.193. The van der Waals surface area contributed by atoms with Gasteiger partial charge in [-0.05, 0) is 54.6 Å². The first-order valence-electron chi connectivity index (χ1n) is 7.40. The topological polar surface area (TPSA) is 55.6 Å². The van der Waals surface area contributed by atoms with Crippen molar-refractivity contribution >= 4 is 0 Å². The van der Waals surface area contributed by atoms with E-state index in [9.17, 15) is 4.39 Å². The van der Waals surface area contributed by atoms with Crippen molar-refractivity contribution in [2.45, 2.75) is 31.7 Å².